The second kappa shape index (κ2) is 16.3. The van der Waals surface area contributed by atoms with Crippen LogP contribution in [0.15, 0.2) is 204 Å². The molecule has 0 unspecified atom stereocenters. The third-order valence-corrected chi connectivity index (χ3v) is 15.1. The smallest absolute Gasteiger partial charge is 0.450 e. The van der Waals surface area contributed by atoms with Gasteiger partial charge in [-0.25, -0.2) is 0 Å². The second-order valence-electron chi connectivity index (χ2n) is 11.9. The van der Waals surface area contributed by atoms with Gasteiger partial charge < -0.3 is 9.29 Å². The Morgan fingerprint density at radius 2 is 0.860 bits per heavy atom. The molecule has 0 amide bonds. The third-order valence-electron chi connectivity index (χ3n) is 8.07. The summed E-state index contributed by atoms with van der Waals surface area (Å²) in [6.45, 7) is 0. The first-order valence-electron chi connectivity index (χ1n) is 16.5. The Hall–Kier alpha value is -5.23. The van der Waals surface area contributed by atoms with Crippen LogP contribution < -0.4 is 9.29 Å². The summed E-state index contributed by atoms with van der Waals surface area (Å²) in [5.74, 6) is -10.2. The van der Waals surface area contributed by atoms with E-state index in [1.165, 1.54) is 18.2 Å². The first-order valence-corrected chi connectivity index (χ1v) is 21.7. The SMILES string of the molecule is O=S(=O)(/N=C(\[O-])c1cccc([S+](c2ccccc2)c2ccccc2)c1)C(F)(F)C(F)(F)C(F)(F)S(=O)(=O)Oc1ccc([S+](c2ccccc2)c2ccccc2)cc1. The maximum Gasteiger partial charge on any atom is 0.450 e. The number of sulfonamides is 1. The van der Waals surface area contributed by atoms with E-state index < -0.39 is 75.6 Å². The highest BCUT2D eigenvalue weighted by atomic mass is 32.2. The standard InChI is InChI=1S/C40H28F6NO6S4/c41-38(42,40(45,46)57(51,52)53-30-24-26-35(27-25-30)54(31-15-5-1-6-16-31)32-17-7-2-8-18-32)39(43,44)56(49,50)47-37(48)29-14-13-23-36(28-29)55(33-19-9-3-10-20-33)34-21-11-4-12-22-34/h1-28H/q+1. The fourth-order valence-corrected chi connectivity index (χ4v) is 11.4. The van der Waals surface area contributed by atoms with E-state index in [0.717, 1.165) is 43.8 Å². The molecule has 0 radical (unpaired) electrons. The molecule has 0 fully saturated rings. The van der Waals surface area contributed by atoms with Gasteiger partial charge in [0.25, 0.3) is 0 Å². The quantitative estimate of drug-likeness (QED) is 0.0357. The van der Waals surface area contributed by atoms with Crippen LogP contribution in [0.4, 0.5) is 26.3 Å². The van der Waals surface area contributed by atoms with Crippen molar-refractivity contribution in [1.82, 2.24) is 0 Å². The summed E-state index contributed by atoms with van der Waals surface area (Å²) >= 11 is 0. The molecule has 0 atom stereocenters. The Kier molecular flexibility index (Phi) is 11.9. The van der Waals surface area contributed by atoms with Gasteiger partial charge in [-0.1, -0.05) is 84.9 Å². The first kappa shape index (κ1) is 41.4. The number of hydrogen-bond donors (Lipinski definition) is 0. The summed E-state index contributed by atoms with van der Waals surface area (Å²) in [6.07, 6.45) is 0. The highest BCUT2D eigenvalue weighted by Gasteiger charge is 2.83. The van der Waals surface area contributed by atoms with Gasteiger partial charge in [0.1, 0.15) is 5.75 Å². The van der Waals surface area contributed by atoms with Crippen molar-refractivity contribution in [3.63, 3.8) is 0 Å². The van der Waals surface area contributed by atoms with Crippen molar-refractivity contribution in [2.75, 3.05) is 0 Å². The van der Waals surface area contributed by atoms with E-state index in [4.69, 9.17) is 0 Å². The van der Waals surface area contributed by atoms with E-state index in [0.29, 0.717) is 9.79 Å². The van der Waals surface area contributed by atoms with Gasteiger partial charge in [0.05, 0.1) is 21.8 Å². The minimum atomic E-state index is -7.20. The van der Waals surface area contributed by atoms with Gasteiger partial charge in [-0.15, -0.1) is 0 Å². The summed E-state index contributed by atoms with van der Waals surface area (Å²) < 4.78 is 148. The molecule has 17 heteroatoms. The van der Waals surface area contributed by atoms with Gasteiger partial charge in [-0.2, -0.15) is 47.6 Å². The second-order valence-corrected chi connectivity index (χ2v) is 19.2. The van der Waals surface area contributed by atoms with E-state index in [-0.39, 0.29) is 0 Å². The summed E-state index contributed by atoms with van der Waals surface area (Å²) in [6, 6.07) is 44.5. The lowest BCUT2D eigenvalue weighted by molar-refractivity contribution is -0.245. The minimum Gasteiger partial charge on any atom is -0.858 e. The largest absolute Gasteiger partial charge is 0.858 e. The van der Waals surface area contributed by atoms with Crippen molar-refractivity contribution in [1.29, 1.82) is 0 Å². The Labute approximate surface area is 330 Å². The number of halogens is 6. The summed E-state index contributed by atoms with van der Waals surface area (Å²) in [5, 5.41) is -0.829. The number of rotatable bonds is 14. The molecule has 0 aliphatic carbocycles. The molecule has 6 aromatic carbocycles. The lowest BCUT2D eigenvalue weighted by Gasteiger charge is -2.30. The van der Waals surface area contributed by atoms with Crippen LogP contribution >= 0.6 is 0 Å². The van der Waals surface area contributed by atoms with Gasteiger partial charge in [0.2, 0.25) is 0 Å². The van der Waals surface area contributed by atoms with Gasteiger partial charge in [0, 0.05) is 12.0 Å². The molecule has 0 saturated heterocycles. The number of nitrogens with zero attached hydrogens (tertiary/aromatic N) is 1. The van der Waals surface area contributed by atoms with Crippen LogP contribution in [-0.2, 0) is 41.9 Å². The van der Waals surface area contributed by atoms with E-state index in [2.05, 4.69) is 8.58 Å². The molecule has 0 bridgehead atoms. The van der Waals surface area contributed by atoms with Gasteiger partial charge in [-0.05, 0) is 84.4 Å². The number of alkyl halides is 6. The van der Waals surface area contributed by atoms with Crippen LogP contribution in [0, 0.1) is 0 Å². The first-order chi connectivity index (χ1) is 27.0. The topological polar surface area (TPSA) is 113 Å². The van der Waals surface area contributed by atoms with Gasteiger partial charge in [-0.3, -0.25) is 0 Å². The van der Waals surface area contributed by atoms with Crippen LogP contribution in [0.3, 0.4) is 0 Å². The Bertz CT molecular complexity index is 2490. The van der Waals surface area contributed by atoms with Crippen molar-refractivity contribution >= 4 is 47.8 Å². The van der Waals surface area contributed by atoms with Crippen molar-refractivity contribution in [3.8, 4) is 5.75 Å². The molecule has 6 rings (SSSR count). The number of hydrogen-bond acceptors (Lipinski definition) is 6. The highest BCUT2D eigenvalue weighted by molar-refractivity contribution is 7.97. The number of benzene rings is 6. The highest BCUT2D eigenvalue weighted by Crippen LogP contribution is 2.52. The average Bonchev–Trinajstić information content (AvgIpc) is 3.20. The minimum absolute atomic E-state index is 0.363. The van der Waals surface area contributed by atoms with Crippen LogP contribution in [0.5, 0.6) is 5.75 Å². The van der Waals surface area contributed by atoms with Crippen LogP contribution in [0.1, 0.15) is 5.56 Å². The van der Waals surface area contributed by atoms with E-state index in [1.807, 2.05) is 24.3 Å². The molecule has 0 aliphatic heterocycles. The van der Waals surface area contributed by atoms with Gasteiger partial charge in [0.15, 0.2) is 29.4 Å². The van der Waals surface area contributed by atoms with Crippen LogP contribution in [-0.4, -0.2) is 39.2 Å². The van der Waals surface area contributed by atoms with Gasteiger partial charge >= 0.3 is 36.6 Å². The van der Waals surface area contributed by atoms with E-state index in [9.17, 15) is 21.9 Å². The van der Waals surface area contributed by atoms with Crippen molar-refractivity contribution in [2.45, 2.75) is 45.8 Å². The zero-order valence-electron chi connectivity index (χ0n) is 29.0. The molecule has 6 aromatic rings. The molecule has 0 saturated carbocycles. The molecule has 0 aromatic heterocycles. The van der Waals surface area contributed by atoms with Crippen molar-refractivity contribution in [2.24, 2.45) is 4.40 Å². The average molecular weight is 861 g/mol. The predicted molar refractivity (Wildman–Crippen MR) is 203 cm³/mol. The fraction of sp³-hybridized carbons (Fsp3) is 0.0750. The molecular formula is C40H28F6NO6S4+. The lowest BCUT2D eigenvalue weighted by atomic mass is 10.2. The Balaban J connectivity index is 1.26. The molecule has 294 valence electrons. The monoisotopic (exact) mass is 860 g/mol. The zero-order valence-corrected chi connectivity index (χ0v) is 32.2. The van der Waals surface area contributed by atoms with Crippen LogP contribution in [0.2, 0.25) is 0 Å². The summed E-state index contributed by atoms with van der Waals surface area (Å²) in [7, 11) is -16.0. The third kappa shape index (κ3) is 8.28. The lowest BCUT2D eigenvalue weighted by Crippen LogP contribution is -2.61. The Morgan fingerprint density at radius 3 is 1.28 bits per heavy atom. The molecular weight excluding hydrogens is 833 g/mol. The molecule has 7 nitrogen and oxygen atoms in total. The van der Waals surface area contributed by atoms with Crippen molar-refractivity contribution < 1.29 is 52.5 Å². The summed E-state index contributed by atoms with van der Waals surface area (Å²) in [4.78, 5) is 3.95. The van der Waals surface area contributed by atoms with E-state index >= 15 is 26.3 Å². The summed E-state index contributed by atoms with van der Waals surface area (Å²) in [5.41, 5.74) is -0.659. The molecule has 0 aliphatic rings. The van der Waals surface area contributed by atoms with Crippen LogP contribution in [0.25, 0.3) is 0 Å². The maximum atomic E-state index is 15.2. The van der Waals surface area contributed by atoms with E-state index in [1.54, 1.807) is 103 Å². The normalized spacial score (nSPS) is 13.2. The molecule has 0 heterocycles. The Morgan fingerprint density at radius 1 is 0.491 bits per heavy atom. The predicted octanol–water partition coefficient (Wildman–Crippen LogP) is 8.54. The zero-order chi connectivity index (χ0) is 41.1. The molecule has 57 heavy (non-hydrogen) atoms. The van der Waals surface area contributed by atoms with Crippen molar-refractivity contribution in [3.05, 3.63) is 175 Å². The molecule has 0 spiro atoms. The molecule has 0 N–H and O–H groups in total. The maximum absolute atomic E-state index is 15.2. The fourth-order valence-electron chi connectivity index (χ4n) is 5.32.